The van der Waals surface area contributed by atoms with E-state index in [0.29, 0.717) is 43.7 Å². The lowest BCUT2D eigenvalue weighted by Gasteiger charge is -2.37. The van der Waals surface area contributed by atoms with Crippen LogP contribution in [0.1, 0.15) is 68.6 Å². The number of rotatable bonds is 11. The Morgan fingerprint density at radius 1 is 1.00 bits per heavy atom. The third-order valence-electron chi connectivity index (χ3n) is 9.41. The number of pyridine rings is 1. The summed E-state index contributed by atoms with van der Waals surface area (Å²) >= 11 is 0. The molecule has 4 heterocycles. The van der Waals surface area contributed by atoms with E-state index in [2.05, 4.69) is 46.0 Å². The van der Waals surface area contributed by atoms with Crippen molar-refractivity contribution in [1.82, 2.24) is 24.6 Å². The summed E-state index contributed by atoms with van der Waals surface area (Å²) in [6, 6.07) is 12.5. The molecule has 2 saturated heterocycles. The molecule has 0 spiro atoms. The van der Waals surface area contributed by atoms with E-state index in [0.717, 1.165) is 72.9 Å². The first-order valence-corrected chi connectivity index (χ1v) is 17.3. The maximum absolute atomic E-state index is 12.8. The average Bonchev–Trinajstić information content (AvgIpc) is 3.66. The SMILES string of the molecule is COC(=O)C[C@H](CN1CC[C@@H](CCc2ccc(OC)c(N)n2)C1)c1cc(N2CCN(C(=O)OC(C)(C)C)CC2)cc(-n2nc(C)cc2C)c1. The Morgan fingerprint density at radius 2 is 1.73 bits per heavy atom. The van der Waals surface area contributed by atoms with E-state index < -0.39 is 5.60 Å². The molecule has 3 aromatic rings. The van der Waals surface area contributed by atoms with E-state index in [9.17, 15) is 9.59 Å². The van der Waals surface area contributed by atoms with E-state index >= 15 is 0 Å². The smallest absolute Gasteiger partial charge is 0.410 e. The number of ether oxygens (including phenoxy) is 3. The Kier molecular flexibility index (Phi) is 11.4. The highest BCUT2D eigenvalue weighted by Crippen LogP contribution is 2.33. The molecule has 49 heavy (non-hydrogen) atoms. The van der Waals surface area contributed by atoms with Gasteiger partial charge in [-0.25, -0.2) is 14.5 Å². The van der Waals surface area contributed by atoms with Crippen LogP contribution in [0.25, 0.3) is 5.69 Å². The number of carbonyl (C=O) groups excluding carboxylic acids is 2. The highest BCUT2D eigenvalue weighted by atomic mass is 16.6. The van der Waals surface area contributed by atoms with Crippen LogP contribution in [-0.2, 0) is 20.7 Å². The minimum absolute atomic E-state index is 0.0760. The predicted octanol–water partition coefficient (Wildman–Crippen LogP) is 5.13. The Balaban J connectivity index is 1.34. The van der Waals surface area contributed by atoms with E-state index in [4.69, 9.17) is 25.0 Å². The van der Waals surface area contributed by atoms with Gasteiger partial charge in [-0.2, -0.15) is 5.10 Å². The van der Waals surface area contributed by atoms with Gasteiger partial charge in [0, 0.05) is 62.3 Å². The summed E-state index contributed by atoms with van der Waals surface area (Å²) in [6.45, 7) is 14.8. The molecule has 0 saturated carbocycles. The second-order valence-electron chi connectivity index (χ2n) is 14.4. The van der Waals surface area contributed by atoms with Crippen LogP contribution in [0.3, 0.4) is 0 Å². The number of carbonyl (C=O) groups is 2. The fourth-order valence-electron chi connectivity index (χ4n) is 6.89. The first kappa shape index (κ1) is 36.0. The van der Waals surface area contributed by atoms with Crippen molar-refractivity contribution in [3.63, 3.8) is 0 Å². The Bertz CT molecular complexity index is 1610. The minimum Gasteiger partial charge on any atom is -0.493 e. The van der Waals surface area contributed by atoms with Crippen LogP contribution in [0.2, 0.25) is 0 Å². The van der Waals surface area contributed by atoms with Crippen LogP contribution < -0.4 is 15.4 Å². The minimum atomic E-state index is -0.538. The molecule has 2 aromatic heterocycles. The predicted molar refractivity (Wildman–Crippen MR) is 191 cm³/mol. The maximum Gasteiger partial charge on any atom is 0.410 e. The van der Waals surface area contributed by atoms with Gasteiger partial charge < -0.3 is 34.6 Å². The lowest BCUT2D eigenvalue weighted by Crippen LogP contribution is -2.50. The summed E-state index contributed by atoms with van der Waals surface area (Å²) < 4.78 is 18.0. The molecule has 0 bridgehead atoms. The van der Waals surface area contributed by atoms with Crippen molar-refractivity contribution in [3.05, 3.63) is 59.0 Å². The summed E-state index contributed by atoms with van der Waals surface area (Å²) in [6.07, 6.45) is 2.96. The molecule has 266 valence electrons. The number of methoxy groups -OCH3 is 2. The molecule has 12 nitrogen and oxygen atoms in total. The zero-order chi connectivity index (χ0) is 35.3. The zero-order valence-corrected chi connectivity index (χ0v) is 30.2. The van der Waals surface area contributed by atoms with Gasteiger partial charge in [0.05, 0.1) is 32.0 Å². The van der Waals surface area contributed by atoms with Crippen molar-refractivity contribution >= 4 is 23.6 Å². The molecular weight excluding hydrogens is 622 g/mol. The number of hydrogen-bond donors (Lipinski definition) is 1. The number of nitrogen functional groups attached to an aromatic ring is 1. The number of nitrogens with zero attached hydrogens (tertiary/aromatic N) is 6. The van der Waals surface area contributed by atoms with Gasteiger partial charge in [-0.1, -0.05) is 0 Å². The third-order valence-corrected chi connectivity index (χ3v) is 9.41. The fourth-order valence-corrected chi connectivity index (χ4v) is 6.89. The molecular formula is C37H53N7O5. The number of benzene rings is 1. The molecule has 2 aliphatic heterocycles. The molecule has 12 heteroatoms. The molecule has 5 rings (SSSR count). The maximum atomic E-state index is 12.8. The molecule has 2 N–H and O–H groups in total. The summed E-state index contributed by atoms with van der Waals surface area (Å²) in [5.74, 6) is 1.24. The molecule has 1 amide bonds. The Morgan fingerprint density at radius 3 is 2.37 bits per heavy atom. The molecule has 0 radical (unpaired) electrons. The van der Waals surface area contributed by atoms with Gasteiger partial charge in [-0.15, -0.1) is 0 Å². The molecule has 1 aromatic carbocycles. The van der Waals surface area contributed by atoms with Gasteiger partial charge in [0.25, 0.3) is 0 Å². The van der Waals surface area contributed by atoms with E-state index in [1.54, 1.807) is 12.0 Å². The zero-order valence-electron chi connectivity index (χ0n) is 30.2. The van der Waals surface area contributed by atoms with Crippen LogP contribution in [-0.4, -0.2) is 102 Å². The van der Waals surface area contributed by atoms with Gasteiger partial charge in [0.2, 0.25) is 0 Å². The lowest BCUT2D eigenvalue weighted by atomic mass is 9.93. The number of likely N-dealkylation sites (tertiary alicyclic amines) is 1. The van der Waals surface area contributed by atoms with Crippen molar-refractivity contribution in [2.75, 3.05) is 70.7 Å². The van der Waals surface area contributed by atoms with Crippen LogP contribution in [0.4, 0.5) is 16.3 Å². The van der Waals surface area contributed by atoms with Crippen molar-refractivity contribution < 1.29 is 23.8 Å². The topological polar surface area (TPSA) is 128 Å². The van der Waals surface area contributed by atoms with Crippen molar-refractivity contribution in [2.45, 2.75) is 71.8 Å². The van der Waals surface area contributed by atoms with Gasteiger partial charge in [0.15, 0.2) is 11.6 Å². The fraction of sp³-hybridized carbons (Fsp3) is 0.568. The number of anilines is 2. The van der Waals surface area contributed by atoms with Gasteiger partial charge in [0.1, 0.15) is 5.60 Å². The number of amides is 1. The normalized spacial score (nSPS) is 17.7. The van der Waals surface area contributed by atoms with E-state index in [1.807, 2.05) is 44.5 Å². The quantitative estimate of drug-likeness (QED) is 0.273. The van der Waals surface area contributed by atoms with Crippen LogP contribution in [0, 0.1) is 19.8 Å². The van der Waals surface area contributed by atoms with Crippen molar-refractivity contribution in [1.29, 1.82) is 0 Å². The second kappa shape index (κ2) is 15.5. The van der Waals surface area contributed by atoms with Crippen LogP contribution >= 0.6 is 0 Å². The summed E-state index contributed by atoms with van der Waals surface area (Å²) in [7, 11) is 3.05. The third kappa shape index (κ3) is 9.44. The highest BCUT2D eigenvalue weighted by Gasteiger charge is 2.30. The van der Waals surface area contributed by atoms with Gasteiger partial charge >= 0.3 is 12.1 Å². The monoisotopic (exact) mass is 675 g/mol. The average molecular weight is 676 g/mol. The number of esters is 1. The van der Waals surface area contributed by atoms with Crippen LogP contribution in [0.15, 0.2) is 36.4 Å². The second-order valence-corrected chi connectivity index (χ2v) is 14.4. The number of nitrogens with two attached hydrogens (primary N) is 1. The standard InChI is InChI=1S/C37H53N7O5/c1-25-18-26(2)44(40-25)32-20-28(19-31(22-32)42-14-16-43(17-15-42)36(46)49-37(3,4)5)29(21-34(45)48-7)24-41-13-12-27(23-41)8-9-30-10-11-33(47-6)35(38)39-30/h10-11,18-20,22,27,29H,8-9,12-17,21,23-24H2,1-7H3,(H2,38,39)/t27-,29-/m1/s1. The molecule has 2 fully saturated rings. The van der Waals surface area contributed by atoms with E-state index in [-0.39, 0.29) is 24.4 Å². The van der Waals surface area contributed by atoms with Gasteiger partial charge in [-0.05, 0) is 108 Å². The molecule has 0 aliphatic carbocycles. The number of aryl methyl sites for hydroxylation is 3. The summed E-state index contributed by atoms with van der Waals surface area (Å²) in [5, 5.41) is 4.79. The number of piperazine rings is 1. The van der Waals surface area contributed by atoms with Crippen LogP contribution in [0.5, 0.6) is 5.75 Å². The molecule has 2 aliphatic rings. The highest BCUT2D eigenvalue weighted by molar-refractivity contribution is 5.71. The molecule has 2 atom stereocenters. The van der Waals surface area contributed by atoms with E-state index in [1.165, 1.54) is 7.11 Å². The Hall–Kier alpha value is -4.32. The van der Waals surface area contributed by atoms with Crippen molar-refractivity contribution in [3.8, 4) is 11.4 Å². The Labute approximate surface area is 290 Å². The first-order valence-electron chi connectivity index (χ1n) is 17.3. The number of aromatic nitrogens is 3. The lowest BCUT2D eigenvalue weighted by molar-refractivity contribution is -0.141. The number of hydrogen-bond acceptors (Lipinski definition) is 10. The summed E-state index contributed by atoms with van der Waals surface area (Å²) in [4.78, 5) is 36.7. The van der Waals surface area contributed by atoms with Crippen molar-refractivity contribution in [2.24, 2.45) is 5.92 Å². The van der Waals surface area contributed by atoms with Gasteiger partial charge in [-0.3, -0.25) is 4.79 Å². The largest absolute Gasteiger partial charge is 0.493 e. The first-order chi connectivity index (χ1) is 23.3. The molecule has 0 unspecified atom stereocenters. The summed E-state index contributed by atoms with van der Waals surface area (Å²) in [5.41, 5.74) is 11.5.